The number of nitrogen functional groups attached to an aromatic ring is 1. The fourth-order valence-corrected chi connectivity index (χ4v) is 2.84. The van der Waals surface area contributed by atoms with Crippen LogP contribution in [0.4, 0.5) is 11.4 Å². The molecular weight excluding hydrogens is 252 g/mol. The average molecular weight is 278 g/mol. The van der Waals surface area contributed by atoms with Crippen LogP contribution in [0.2, 0.25) is 0 Å². The number of hydrogen-bond donors (Lipinski definition) is 3. The highest BCUT2D eigenvalue weighted by Gasteiger charge is 2.24. The van der Waals surface area contributed by atoms with E-state index in [9.17, 15) is 5.11 Å². The van der Waals surface area contributed by atoms with E-state index in [1.807, 2.05) is 18.2 Å². The van der Waals surface area contributed by atoms with Crippen molar-refractivity contribution in [3.63, 3.8) is 0 Å². The molecule has 1 aromatic rings. The number of aliphatic hydroxyl groups excluding tert-OH is 1. The van der Waals surface area contributed by atoms with Gasteiger partial charge in [0.1, 0.15) is 5.75 Å². The van der Waals surface area contributed by atoms with Crippen LogP contribution in [0.1, 0.15) is 39.0 Å². The van der Waals surface area contributed by atoms with Crippen molar-refractivity contribution in [3.05, 3.63) is 18.2 Å². The minimum absolute atomic E-state index is 0.249. The predicted molar refractivity (Wildman–Crippen MR) is 83.1 cm³/mol. The monoisotopic (exact) mass is 278 g/mol. The molecule has 4 N–H and O–H groups in total. The van der Waals surface area contributed by atoms with Gasteiger partial charge in [-0.25, -0.2) is 0 Å². The Morgan fingerprint density at radius 3 is 2.85 bits per heavy atom. The predicted octanol–water partition coefficient (Wildman–Crippen LogP) is 3.02. The van der Waals surface area contributed by atoms with Crippen molar-refractivity contribution >= 4 is 11.4 Å². The van der Waals surface area contributed by atoms with Gasteiger partial charge in [-0.15, -0.1) is 0 Å². The molecule has 0 radical (unpaired) electrons. The minimum atomic E-state index is 0.249. The lowest BCUT2D eigenvalue weighted by atomic mass is 9.85. The molecule has 0 bridgehead atoms. The van der Waals surface area contributed by atoms with Crippen molar-refractivity contribution in [2.45, 2.75) is 45.1 Å². The molecule has 2 unspecified atom stereocenters. The van der Waals surface area contributed by atoms with E-state index >= 15 is 0 Å². The fraction of sp³-hybridized carbons (Fsp3) is 0.625. The summed E-state index contributed by atoms with van der Waals surface area (Å²) in [5.41, 5.74) is 7.63. The molecule has 0 amide bonds. The van der Waals surface area contributed by atoms with Gasteiger partial charge >= 0.3 is 0 Å². The summed E-state index contributed by atoms with van der Waals surface area (Å²) in [7, 11) is 0. The van der Waals surface area contributed by atoms with Crippen LogP contribution in [0, 0.1) is 5.92 Å². The Hall–Kier alpha value is -1.42. The molecule has 1 saturated carbocycles. The summed E-state index contributed by atoms with van der Waals surface area (Å²) in [5.74, 6) is 1.15. The van der Waals surface area contributed by atoms with Gasteiger partial charge in [0.25, 0.3) is 0 Å². The molecule has 1 aliphatic carbocycles. The van der Waals surface area contributed by atoms with Gasteiger partial charge in [0, 0.05) is 42.1 Å². The van der Waals surface area contributed by atoms with Crippen LogP contribution < -0.4 is 15.8 Å². The minimum Gasteiger partial charge on any atom is -0.493 e. The molecule has 4 heteroatoms. The molecule has 0 heterocycles. The number of anilines is 2. The summed E-state index contributed by atoms with van der Waals surface area (Å²) in [5, 5.41) is 13.0. The van der Waals surface area contributed by atoms with Crippen LogP contribution in [0.5, 0.6) is 5.75 Å². The van der Waals surface area contributed by atoms with E-state index in [1.165, 1.54) is 12.8 Å². The standard InChI is InChI=1S/C16H26N2O2/c1-2-7-20-15-9-13(17)8-14(10-15)18-16-6-4-3-5-12(16)11-19/h8-10,12,16,18-19H,2-7,11,17H2,1H3. The van der Waals surface area contributed by atoms with Gasteiger partial charge in [-0.05, 0) is 25.3 Å². The van der Waals surface area contributed by atoms with Gasteiger partial charge in [-0.3, -0.25) is 0 Å². The zero-order valence-electron chi connectivity index (χ0n) is 12.3. The Morgan fingerprint density at radius 1 is 1.30 bits per heavy atom. The summed E-state index contributed by atoms with van der Waals surface area (Å²) in [6.45, 7) is 3.03. The lowest BCUT2D eigenvalue weighted by Gasteiger charge is -2.31. The van der Waals surface area contributed by atoms with Crippen LogP contribution in [-0.4, -0.2) is 24.4 Å². The van der Waals surface area contributed by atoms with E-state index in [0.29, 0.717) is 24.3 Å². The molecule has 2 rings (SSSR count). The van der Waals surface area contributed by atoms with Gasteiger partial charge in [0.05, 0.1) is 6.61 Å². The van der Waals surface area contributed by atoms with E-state index in [1.54, 1.807) is 0 Å². The highest BCUT2D eigenvalue weighted by atomic mass is 16.5. The third kappa shape index (κ3) is 4.04. The van der Waals surface area contributed by atoms with Crippen molar-refractivity contribution in [1.82, 2.24) is 0 Å². The van der Waals surface area contributed by atoms with Crippen LogP contribution in [0.25, 0.3) is 0 Å². The summed E-state index contributed by atoms with van der Waals surface area (Å²) in [6, 6.07) is 6.11. The van der Waals surface area contributed by atoms with E-state index in [-0.39, 0.29) is 6.61 Å². The highest BCUT2D eigenvalue weighted by molar-refractivity contribution is 5.59. The average Bonchev–Trinajstić information content (AvgIpc) is 2.45. The second-order valence-electron chi connectivity index (χ2n) is 5.62. The molecule has 0 aliphatic heterocycles. The number of nitrogens with two attached hydrogens (primary N) is 1. The smallest absolute Gasteiger partial charge is 0.123 e. The summed E-state index contributed by atoms with van der Waals surface area (Å²) in [6.07, 6.45) is 5.61. The summed E-state index contributed by atoms with van der Waals surface area (Å²) < 4.78 is 5.65. The number of hydrogen-bond acceptors (Lipinski definition) is 4. The molecule has 2 atom stereocenters. The van der Waals surface area contributed by atoms with Crippen molar-refractivity contribution in [3.8, 4) is 5.75 Å². The lowest BCUT2D eigenvalue weighted by Crippen LogP contribution is -2.34. The molecule has 0 aromatic heterocycles. The number of ether oxygens (including phenoxy) is 1. The molecule has 1 aliphatic rings. The van der Waals surface area contributed by atoms with Crippen LogP contribution in [-0.2, 0) is 0 Å². The Labute approximate surface area is 121 Å². The van der Waals surface area contributed by atoms with Gasteiger partial charge < -0.3 is 20.9 Å². The quantitative estimate of drug-likeness (QED) is 0.700. The van der Waals surface area contributed by atoms with Crippen molar-refractivity contribution in [2.24, 2.45) is 5.92 Å². The lowest BCUT2D eigenvalue weighted by molar-refractivity contribution is 0.178. The van der Waals surface area contributed by atoms with Crippen LogP contribution in [0.3, 0.4) is 0 Å². The van der Waals surface area contributed by atoms with Crippen LogP contribution >= 0.6 is 0 Å². The molecule has 20 heavy (non-hydrogen) atoms. The maximum Gasteiger partial charge on any atom is 0.123 e. The summed E-state index contributed by atoms with van der Waals surface area (Å²) >= 11 is 0. The molecule has 1 aromatic carbocycles. The Kier molecular flexibility index (Phi) is 5.53. The molecule has 0 saturated heterocycles. The first-order valence-electron chi connectivity index (χ1n) is 7.63. The molecule has 112 valence electrons. The number of benzene rings is 1. The van der Waals surface area contributed by atoms with E-state index in [2.05, 4.69) is 12.2 Å². The topological polar surface area (TPSA) is 67.5 Å². The second kappa shape index (κ2) is 7.39. The second-order valence-corrected chi connectivity index (χ2v) is 5.62. The SMILES string of the molecule is CCCOc1cc(N)cc(NC2CCCCC2CO)c1. The largest absolute Gasteiger partial charge is 0.493 e. The van der Waals surface area contributed by atoms with E-state index in [4.69, 9.17) is 10.5 Å². The zero-order chi connectivity index (χ0) is 14.4. The third-order valence-corrected chi connectivity index (χ3v) is 3.90. The van der Waals surface area contributed by atoms with Gasteiger partial charge in [0.15, 0.2) is 0 Å². The van der Waals surface area contributed by atoms with E-state index < -0.39 is 0 Å². The number of aliphatic hydroxyl groups is 1. The maximum atomic E-state index is 9.48. The maximum absolute atomic E-state index is 9.48. The third-order valence-electron chi connectivity index (χ3n) is 3.90. The fourth-order valence-electron chi connectivity index (χ4n) is 2.84. The first kappa shape index (κ1) is 15.0. The Morgan fingerprint density at radius 2 is 2.10 bits per heavy atom. The normalized spacial score (nSPS) is 22.5. The highest BCUT2D eigenvalue weighted by Crippen LogP contribution is 2.29. The summed E-state index contributed by atoms with van der Waals surface area (Å²) in [4.78, 5) is 0. The molecule has 4 nitrogen and oxygen atoms in total. The zero-order valence-corrected chi connectivity index (χ0v) is 12.3. The molecule has 1 fully saturated rings. The van der Waals surface area contributed by atoms with Gasteiger partial charge in [-0.1, -0.05) is 19.8 Å². The van der Waals surface area contributed by atoms with Crippen molar-refractivity contribution < 1.29 is 9.84 Å². The van der Waals surface area contributed by atoms with Gasteiger partial charge in [0.2, 0.25) is 0 Å². The van der Waals surface area contributed by atoms with Gasteiger partial charge in [-0.2, -0.15) is 0 Å². The molecule has 0 spiro atoms. The van der Waals surface area contributed by atoms with Crippen LogP contribution in [0.15, 0.2) is 18.2 Å². The van der Waals surface area contributed by atoms with Crippen molar-refractivity contribution in [2.75, 3.05) is 24.3 Å². The first-order valence-corrected chi connectivity index (χ1v) is 7.63. The Bertz CT molecular complexity index is 423. The number of rotatable bonds is 6. The van der Waals surface area contributed by atoms with Crippen molar-refractivity contribution in [1.29, 1.82) is 0 Å². The van der Waals surface area contributed by atoms with E-state index in [0.717, 1.165) is 30.7 Å². The number of nitrogens with one attached hydrogen (secondary N) is 1. The Balaban J connectivity index is 2.05. The first-order chi connectivity index (χ1) is 9.72. The molecular formula is C16H26N2O2.